The van der Waals surface area contributed by atoms with Crippen molar-refractivity contribution in [3.8, 4) is 11.5 Å². The molecule has 0 aliphatic carbocycles. The number of rotatable bonds is 7. The molecule has 0 N–H and O–H groups in total. The van der Waals surface area contributed by atoms with E-state index in [4.69, 9.17) is 14.5 Å². The molecular formula is C27H27N3O3. The SMILES string of the molecule is CCOc1ccc(N2CC(c3nc4ccccc4n3Cc3ccccc3OC)CC2=O)cc1. The zero-order chi connectivity index (χ0) is 22.8. The normalized spacial score (nSPS) is 15.9. The summed E-state index contributed by atoms with van der Waals surface area (Å²) in [6.07, 6.45) is 0.433. The van der Waals surface area contributed by atoms with Crippen molar-refractivity contribution in [3.63, 3.8) is 0 Å². The molecule has 33 heavy (non-hydrogen) atoms. The van der Waals surface area contributed by atoms with Crippen LogP contribution in [-0.4, -0.2) is 35.7 Å². The Morgan fingerprint density at radius 1 is 1.00 bits per heavy atom. The number of hydrogen-bond acceptors (Lipinski definition) is 4. The molecule has 0 radical (unpaired) electrons. The van der Waals surface area contributed by atoms with Gasteiger partial charge in [-0.3, -0.25) is 4.79 Å². The van der Waals surface area contributed by atoms with Crippen LogP contribution in [0.2, 0.25) is 0 Å². The lowest BCUT2D eigenvalue weighted by atomic mass is 10.1. The molecule has 6 nitrogen and oxygen atoms in total. The highest BCUT2D eigenvalue weighted by Gasteiger charge is 2.35. The van der Waals surface area contributed by atoms with Crippen molar-refractivity contribution in [1.29, 1.82) is 0 Å². The lowest BCUT2D eigenvalue weighted by Crippen LogP contribution is -2.24. The van der Waals surface area contributed by atoms with Crippen molar-refractivity contribution < 1.29 is 14.3 Å². The molecule has 1 fully saturated rings. The molecule has 0 bridgehead atoms. The van der Waals surface area contributed by atoms with Crippen LogP contribution in [0.4, 0.5) is 5.69 Å². The van der Waals surface area contributed by atoms with Gasteiger partial charge in [0, 0.05) is 30.1 Å². The number of amides is 1. The second-order valence-electron chi connectivity index (χ2n) is 8.19. The molecule has 5 rings (SSSR count). The second-order valence-corrected chi connectivity index (χ2v) is 8.19. The molecule has 1 aliphatic heterocycles. The summed E-state index contributed by atoms with van der Waals surface area (Å²) in [7, 11) is 1.69. The van der Waals surface area contributed by atoms with Gasteiger partial charge >= 0.3 is 0 Å². The summed E-state index contributed by atoms with van der Waals surface area (Å²) in [5.74, 6) is 2.71. The zero-order valence-electron chi connectivity index (χ0n) is 18.9. The Bertz CT molecular complexity index is 1280. The summed E-state index contributed by atoms with van der Waals surface area (Å²) in [4.78, 5) is 19.8. The van der Waals surface area contributed by atoms with Gasteiger partial charge in [0.25, 0.3) is 0 Å². The number of hydrogen-bond donors (Lipinski definition) is 0. The molecule has 1 saturated heterocycles. The van der Waals surface area contributed by atoms with Crippen molar-refractivity contribution in [3.05, 3.63) is 84.2 Å². The molecule has 1 amide bonds. The first-order valence-corrected chi connectivity index (χ1v) is 11.3. The second kappa shape index (κ2) is 8.98. The van der Waals surface area contributed by atoms with E-state index >= 15 is 0 Å². The van der Waals surface area contributed by atoms with Gasteiger partial charge in [0.15, 0.2) is 0 Å². The van der Waals surface area contributed by atoms with Gasteiger partial charge in [0.2, 0.25) is 5.91 Å². The minimum absolute atomic E-state index is 0.00572. The van der Waals surface area contributed by atoms with Crippen LogP contribution in [0.25, 0.3) is 11.0 Å². The molecule has 3 aromatic carbocycles. The van der Waals surface area contributed by atoms with Crippen LogP contribution < -0.4 is 14.4 Å². The van der Waals surface area contributed by atoms with Crippen molar-refractivity contribution in [2.24, 2.45) is 0 Å². The molecule has 1 aromatic heterocycles. The minimum Gasteiger partial charge on any atom is -0.496 e. The highest BCUT2D eigenvalue weighted by Crippen LogP contribution is 2.34. The third-order valence-electron chi connectivity index (χ3n) is 6.15. The van der Waals surface area contributed by atoms with Crippen molar-refractivity contribution >= 4 is 22.6 Å². The maximum absolute atomic E-state index is 13.0. The number of carbonyl (C=O) groups is 1. The van der Waals surface area contributed by atoms with Crippen LogP contribution in [-0.2, 0) is 11.3 Å². The third kappa shape index (κ3) is 4.04. The van der Waals surface area contributed by atoms with E-state index in [1.165, 1.54) is 0 Å². The molecular weight excluding hydrogens is 414 g/mol. The van der Waals surface area contributed by atoms with E-state index in [1.54, 1.807) is 7.11 Å². The summed E-state index contributed by atoms with van der Waals surface area (Å²) < 4.78 is 13.4. The van der Waals surface area contributed by atoms with Crippen LogP contribution in [0, 0.1) is 0 Å². The van der Waals surface area contributed by atoms with Gasteiger partial charge in [0.1, 0.15) is 17.3 Å². The predicted octanol–water partition coefficient (Wildman–Crippen LogP) is 5.01. The van der Waals surface area contributed by atoms with E-state index in [9.17, 15) is 4.79 Å². The monoisotopic (exact) mass is 441 g/mol. The summed E-state index contributed by atoms with van der Waals surface area (Å²) in [6.45, 7) is 3.81. The summed E-state index contributed by atoms with van der Waals surface area (Å²) in [6, 6.07) is 23.9. The number of imidazole rings is 1. The van der Waals surface area contributed by atoms with Crippen LogP contribution in [0.1, 0.15) is 30.7 Å². The lowest BCUT2D eigenvalue weighted by molar-refractivity contribution is -0.117. The lowest BCUT2D eigenvalue weighted by Gasteiger charge is -2.18. The van der Waals surface area contributed by atoms with E-state index in [0.29, 0.717) is 26.1 Å². The molecule has 1 unspecified atom stereocenters. The summed E-state index contributed by atoms with van der Waals surface area (Å²) in [5.41, 5.74) is 3.97. The van der Waals surface area contributed by atoms with E-state index < -0.39 is 0 Å². The van der Waals surface area contributed by atoms with Gasteiger partial charge in [-0.1, -0.05) is 30.3 Å². The molecule has 168 valence electrons. The van der Waals surface area contributed by atoms with E-state index in [-0.39, 0.29) is 11.8 Å². The van der Waals surface area contributed by atoms with Crippen molar-refractivity contribution in [2.75, 3.05) is 25.2 Å². The maximum Gasteiger partial charge on any atom is 0.227 e. The number of benzene rings is 3. The predicted molar refractivity (Wildman–Crippen MR) is 129 cm³/mol. The van der Waals surface area contributed by atoms with Gasteiger partial charge < -0.3 is 18.9 Å². The molecule has 6 heteroatoms. The standard InChI is InChI=1S/C27H27N3O3/c1-3-33-22-14-12-21(13-15-22)29-18-20(16-26(29)31)27-28-23-9-5-6-10-24(23)30(27)17-19-8-4-7-11-25(19)32-2/h4-15,20H,3,16-18H2,1-2H3. The largest absolute Gasteiger partial charge is 0.496 e. The Balaban J connectivity index is 1.48. The average molecular weight is 442 g/mol. The fourth-order valence-corrected chi connectivity index (χ4v) is 4.59. The Morgan fingerprint density at radius 2 is 1.76 bits per heavy atom. The molecule has 1 aliphatic rings. The van der Waals surface area contributed by atoms with Crippen LogP contribution >= 0.6 is 0 Å². The highest BCUT2D eigenvalue weighted by atomic mass is 16.5. The Morgan fingerprint density at radius 3 is 2.55 bits per heavy atom. The molecule has 4 aromatic rings. The molecule has 2 heterocycles. The quantitative estimate of drug-likeness (QED) is 0.404. The first kappa shape index (κ1) is 21.1. The summed E-state index contributed by atoms with van der Waals surface area (Å²) in [5, 5.41) is 0. The average Bonchev–Trinajstić information content (AvgIpc) is 3.41. The van der Waals surface area contributed by atoms with Crippen LogP contribution in [0.15, 0.2) is 72.8 Å². The first-order valence-electron chi connectivity index (χ1n) is 11.3. The van der Waals surface area contributed by atoms with E-state index in [2.05, 4.69) is 16.7 Å². The molecule has 0 spiro atoms. The maximum atomic E-state index is 13.0. The Kier molecular flexibility index (Phi) is 5.73. The van der Waals surface area contributed by atoms with E-state index in [0.717, 1.165) is 39.6 Å². The van der Waals surface area contributed by atoms with Crippen molar-refractivity contribution in [2.45, 2.75) is 25.8 Å². The van der Waals surface area contributed by atoms with E-state index in [1.807, 2.05) is 72.5 Å². The Labute approximate surface area is 193 Å². The number of methoxy groups -OCH3 is 1. The van der Waals surface area contributed by atoms with Crippen LogP contribution in [0.5, 0.6) is 11.5 Å². The number of nitrogens with zero attached hydrogens (tertiary/aromatic N) is 3. The molecule has 0 saturated carbocycles. The van der Waals surface area contributed by atoms with Gasteiger partial charge in [-0.05, 0) is 49.4 Å². The highest BCUT2D eigenvalue weighted by molar-refractivity contribution is 5.96. The number of carbonyl (C=O) groups excluding carboxylic acids is 1. The van der Waals surface area contributed by atoms with Gasteiger partial charge in [-0.15, -0.1) is 0 Å². The fourth-order valence-electron chi connectivity index (χ4n) is 4.59. The number of anilines is 1. The molecule has 1 atom stereocenters. The van der Waals surface area contributed by atoms with Gasteiger partial charge in [-0.25, -0.2) is 4.98 Å². The number of aromatic nitrogens is 2. The summed E-state index contributed by atoms with van der Waals surface area (Å²) >= 11 is 0. The van der Waals surface area contributed by atoms with Gasteiger partial charge in [-0.2, -0.15) is 0 Å². The number of para-hydroxylation sites is 3. The topological polar surface area (TPSA) is 56.6 Å². The van der Waals surface area contributed by atoms with Crippen molar-refractivity contribution in [1.82, 2.24) is 9.55 Å². The fraction of sp³-hybridized carbons (Fsp3) is 0.259. The zero-order valence-corrected chi connectivity index (χ0v) is 18.9. The minimum atomic E-state index is 0.00572. The first-order chi connectivity index (χ1) is 16.2. The number of fused-ring (bicyclic) bond motifs is 1. The number of ether oxygens (including phenoxy) is 2. The third-order valence-corrected chi connectivity index (χ3v) is 6.15. The Hall–Kier alpha value is -3.80. The van der Waals surface area contributed by atoms with Gasteiger partial charge in [0.05, 0.1) is 31.3 Å². The smallest absolute Gasteiger partial charge is 0.227 e. The van der Waals surface area contributed by atoms with Crippen LogP contribution in [0.3, 0.4) is 0 Å².